The van der Waals surface area contributed by atoms with Crippen molar-refractivity contribution in [1.29, 1.82) is 0 Å². The highest BCUT2D eigenvalue weighted by molar-refractivity contribution is 5.95. The molecule has 1 heterocycles. The molecule has 0 unspecified atom stereocenters. The van der Waals surface area contributed by atoms with Crippen LogP contribution in [0.1, 0.15) is 16.1 Å². The lowest BCUT2D eigenvalue weighted by Gasteiger charge is -2.12. The Morgan fingerprint density at radius 2 is 2.00 bits per heavy atom. The number of nitrogens with one attached hydrogen (secondary N) is 2. The molecule has 0 saturated heterocycles. The molecule has 0 aliphatic heterocycles. The number of carbonyl (C=O) groups is 1. The molecule has 5 nitrogen and oxygen atoms in total. The van der Waals surface area contributed by atoms with E-state index in [2.05, 4.69) is 15.5 Å². The van der Waals surface area contributed by atoms with Crippen molar-refractivity contribution in [1.82, 2.24) is 10.4 Å². The van der Waals surface area contributed by atoms with Gasteiger partial charge in [0.25, 0.3) is 5.91 Å². The molecule has 0 spiro atoms. The molecular weight excluding hydrogens is 240 g/mol. The number of anilines is 1. The highest BCUT2D eigenvalue weighted by Crippen LogP contribution is 2.11. The summed E-state index contributed by atoms with van der Waals surface area (Å²) >= 11 is 0. The summed E-state index contributed by atoms with van der Waals surface area (Å²) in [5.74, 6) is -0.229. The monoisotopic (exact) mass is 256 g/mol. The minimum absolute atomic E-state index is 0.229. The largest absolute Gasteiger partial charge is 0.378 e. The van der Waals surface area contributed by atoms with Gasteiger partial charge in [-0.25, -0.2) is 5.43 Å². The van der Waals surface area contributed by atoms with Crippen LogP contribution in [0.3, 0.4) is 0 Å². The molecule has 2 aromatic rings. The molecule has 0 bridgehead atoms. The van der Waals surface area contributed by atoms with Crippen LogP contribution in [0.5, 0.6) is 0 Å². The van der Waals surface area contributed by atoms with Crippen LogP contribution >= 0.6 is 0 Å². The molecule has 1 aromatic carbocycles. The van der Waals surface area contributed by atoms with Gasteiger partial charge in [0.05, 0.1) is 11.9 Å². The molecular formula is C14H16N4O. The summed E-state index contributed by atoms with van der Waals surface area (Å²) in [5.41, 5.74) is 4.94. The summed E-state index contributed by atoms with van der Waals surface area (Å²) in [4.78, 5) is 16.7. The van der Waals surface area contributed by atoms with Gasteiger partial charge in [-0.15, -0.1) is 0 Å². The van der Waals surface area contributed by atoms with Crippen molar-refractivity contribution in [3.8, 4) is 0 Å². The first-order chi connectivity index (χ1) is 9.16. The predicted molar refractivity (Wildman–Crippen MR) is 76.6 cm³/mol. The van der Waals surface area contributed by atoms with E-state index in [0.29, 0.717) is 5.56 Å². The van der Waals surface area contributed by atoms with Gasteiger partial charge in [-0.3, -0.25) is 4.79 Å². The zero-order valence-corrected chi connectivity index (χ0v) is 10.9. The Morgan fingerprint density at radius 1 is 1.26 bits per heavy atom. The molecule has 19 heavy (non-hydrogen) atoms. The lowest BCUT2D eigenvalue weighted by Crippen LogP contribution is -2.18. The zero-order valence-electron chi connectivity index (χ0n) is 10.9. The Hall–Kier alpha value is -2.56. The highest BCUT2D eigenvalue weighted by atomic mass is 16.2. The lowest BCUT2D eigenvalue weighted by atomic mass is 10.2. The van der Waals surface area contributed by atoms with Gasteiger partial charge >= 0.3 is 0 Å². The summed E-state index contributed by atoms with van der Waals surface area (Å²) < 4.78 is 0. The van der Waals surface area contributed by atoms with Gasteiger partial charge in [-0.05, 0) is 36.4 Å². The second-order valence-corrected chi connectivity index (χ2v) is 4.27. The van der Waals surface area contributed by atoms with Crippen LogP contribution in [-0.4, -0.2) is 31.2 Å². The van der Waals surface area contributed by atoms with Gasteiger partial charge in [0.15, 0.2) is 0 Å². The average Bonchev–Trinajstić information content (AvgIpc) is 2.92. The summed E-state index contributed by atoms with van der Waals surface area (Å²) in [6.45, 7) is 0. The maximum Gasteiger partial charge on any atom is 0.271 e. The topological polar surface area (TPSA) is 60.5 Å². The fourth-order valence-electron chi connectivity index (χ4n) is 1.56. The number of nitrogens with zero attached hydrogens (tertiary/aromatic N) is 2. The maximum atomic E-state index is 11.8. The molecule has 1 aromatic heterocycles. The smallest absolute Gasteiger partial charge is 0.271 e. The van der Waals surface area contributed by atoms with E-state index in [1.165, 1.54) is 0 Å². The first-order valence-corrected chi connectivity index (χ1v) is 5.91. The third-order valence-electron chi connectivity index (χ3n) is 2.64. The van der Waals surface area contributed by atoms with E-state index in [4.69, 9.17) is 0 Å². The highest BCUT2D eigenvalue weighted by Gasteiger charge is 2.04. The Morgan fingerprint density at radius 3 is 2.58 bits per heavy atom. The molecule has 2 rings (SSSR count). The normalized spacial score (nSPS) is 10.6. The van der Waals surface area contributed by atoms with Crippen molar-refractivity contribution >= 4 is 17.8 Å². The van der Waals surface area contributed by atoms with Crippen LogP contribution in [0, 0.1) is 0 Å². The second kappa shape index (κ2) is 5.86. The van der Waals surface area contributed by atoms with E-state index in [9.17, 15) is 4.79 Å². The van der Waals surface area contributed by atoms with Gasteiger partial charge in [0, 0.05) is 31.5 Å². The quantitative estimate of drug-likeness (QED) is 0.647. The van der Waals surface area contributed by atoms with Gasteiger partial charge in [0.2, 0.25) is 0 Å². The zero-order chi connectivity index (χ0) is 13.7. The molecule has 0 saturated carbocycles. The van der Waals surface area contributed by atoms with Crippen molar-refractivity contribution in [3.63, 3.8) is 0 Å². The Bertz CT molecular complexity index is 556. The van der Waals surface area contributed by atoms with E-state index >= 15 is 0 Å². The predicted octanol–water partition coefficient (Wildman–Crippen LogP) is 1.84. The van der Waals surface area contributed by atoms with Crippen molar-refractivity contribution in [2.75, 3.05) is 19.0 Å². The van der Waals surface area contributed by atoms with Crippen LogP contribution in [0.25, 0.3) is 0 Å². The molecule has 0 fully saturated rings. The molecule has 2 N–H and O–H groups in total. The van der Waals surface area contributed by atoms with Crippen LogP contribution in [0.15, 0.2) is 47.7 Å². The standard InChI is InChI=1S/C14H16N4O/c1-18(2)13-7-5-11(6-8-13)14(19)17-16-10-12-4-3-9-15-12/h3-10,15H,1-2H3,(H,17,19)/b16-10+. The SMILES string of the molecule is CN(C)c1ccc(C(=O)N/N=C/c2ccc[nH]2)cc1. The summed E-state index contributed by atoms with van der Waals surface area (Å²) in [6, 6.07) is 11.1. The molecule has 0 aliphatic rings. The Labute approximate surface area is 111 Å². The first kappa shape index (κ1) is 12.9. The minimum atomic E-state index is -0.229. The van der Waals surface area contributed by atoms with Crippen LogP contribution in [-0.2, 0) is 0 Å². The lowest BCUT2D eigenvalue weighted by molar-refractivity contribution is 0.0955. The molecule has 1 amide bonds. The Balaban J connectivity index is 1.96. The number of benzene rings is 1. The number of hydrogen-bond donors (Lipinski definition) is 2. The van der Waals surface area contributed by atoms with Gasteiger partial charge < -0.3 is 9.88 Å². The van der Waals surface area contributed by atoms with Crippen molar-refractivity contribution < 1.29 is 4.79 Å². The molecule has 0 atom stereocenters. The number of amides is 1. The number of aromatic nitrogens is 1. The number of rotatable bonds is 4. The third-order valence-corrected chi connectivity index (χ3v) is 2.64. The number of hydrazone groups is 1. The van der Waals surface area contributed by atoms with E-state index in [1.807, 2.05) is 43.3 Å². The van der Waals surface area contributed by atoms with E-state index < -0.39 is 0 Å². The number of H-pyrrole nitrogens is 1. The Kier molecular flexibility index (Phi) is 3.97. The molecule has 5 heteroatoms. The van der Waals surface area contributed by atoms with Crippen molar-refractivity contribution in [3.05, 3.63) is 53.9 Å². The molecule has 0 radical (unpaired) electrons. The number of aromatic amines is 1. The maximum absolute atomic E-state index is 11.8. The fourth-order valence-corrected chi connectivity index (χ4v) is 1.56. The number of hydrogen-bond acceptors (Lipinski definition) is 3. The first-order valence-electron chi connectivity index (χ1n) is 5.91. The summed E-state index contributed by atoms with van der Waals surface area (Å²) in [7, 11) is 3.91. The van der Waals surface area contributed by atoms with E-state index in [0.717, 1.165) is 11.4 Å². The summed E-state index contributed by atoms with van der Waals surface area (Å²) in [6.07, 6.45) is 3.36. The van der Waals surface area contributed by atoms with Crippen LogP contribution in [0.4, 0.5) is 5.69 Å². The minimum Gasteiger partial charge on any atom is -0.378 e. The van der Waals surface area contributed by atoms with Gasteiger partial charge in [-0.2, -0.15) is 5.10 Å². The molecule has 98 valence electrons. The number of carbonyl (C=O) groups excluding carboxylic acids is 1. The van der Waals surface area contributed by atoms with Gasteiger partial charge in [0.1, 0.15) is 0 Å². The average molecular weight is 256 g/mol. The van der Waals surface area contributed by atoms with Crippen LogP contribution in [0.2, 0.25) is 0 Å². The van der Waals surface area contributed by atoms with E-state index in [1.54, 1.807) is 24.5 Å². The van der Waals surface area contributed by atoms with Gasteiger partial charge in [-0.1, -0.05) is 0 Å². The second-order valence-electron chi connectivity index (χ2n) is 4.27. The van der Waals surface area contributed by atoms with E-state index in [-0.39, 0.29) is 5.91 Å². The molecule has 0 aliphatic carbocycles. The fraction of sp³-hybridized carbons (Fsp3) is 0.143. The third kappa shape index (κ3) is 3.45. The summed E-state index contributed by atoms with van der Waals surface area (Å²) in [5, 5.41) is 3.88. The van der Waals surface area contributed by atoms with Crippen LogP contribution < -0.4 is 10.3 Å². The van der Waals surface area contributed by atoms with Crippen molar-refractivity contribution in [2.24, 2.45) is 5.10 Å². The van der Waals surface area contributed by atoms with Crippen molar-refractivity contribution in [2.45, 2.75) is 0 Å².